The van der Waals surface area contributed by atoms with Crippen molar-refractivity contribution in [3.8, 4) is 0 Å². The summed E-state index contributed by atoms with van der Waals surface area (Å²) in [5.74, 6) is -0.168. The van der Waals surface area contributed by atoms with Crippen molar-refractivity contribution in [1.82, 2.24) is 4.90 Å². The zero-order valence-corrected chi connectivity index (χ0v) is 9.62. The highest BCUT2D eigenvalue weighted by atomic mass is 16.5. The Hall–Kier alpha value is -0.650. The number of aliphatic hydroxyl groups excluding tert-OH is 1. The first-order valence-corrected chi connectivity index (χ1v) is 5.09. The van der Waals surface area contributed by atoms with E-state index in [1.807, 2.05) is 0 Å². The summed E-state index contributed by atoms with van der Waals surface area (Å²) < 4.78 is 5.14. The molecule has 0 aromatic rings. The molecule has 1 aliphatic heterocycles. The van der Waals surface area contributed by atoms with Crippen molar-refractivity contribution in [2.45, 2.75) is 31.3 Å². The van der Waals surface area contributed by atoms with Crippen molar-refractivity contribution < 1.29 is 14.6 Å². The van der Waals surface area contributed by atoms with Crippen LogP contribution in [0.25, 0.3) is 0 Å². The largest absolute Gasteiger partial charge is 0.394 e. The first-order valence-electron chi connectivity index (χ1n) is 5.09. The fraction of sp³-hybridized carbons (Fsp3) is 0.900. The third-order valence-electron chi connectivity index (χ3n) is 3.08. The van der Waals surface area contributed by atoms with Crippen LogP contribution in [-0.2, 0) is 9.53 Å². The Labute approximate surface area is 90.2 Å². The smallest absolute Gasteiger partial charge is 0.245 e. The molecule has 1 aliphatic rings. The zero-order valence-electron chi connectivity index (χ0n) is 9.62. The van der Waals surface area contributed by atoms with Gasteiger partial charge in [0.25, 0.3) is 0 Å². The average Bonchev–Trinajstić information content (AvgIpc) is 2.64. The minimum Gasteiger partial charge on any atom is -0.394 e. The number of nitrogens with zero attached hydrogens (tertiary/aromatic N) is 1. The van der Waals surface area contributed by atoms with Gasteiger partial charge in [-0.05, 0) is 20.3 Å². The van der Waals surface area contributed by atoms with Gasteiger partial charge in [0.05, 0.1) is 18.8 Å². The maximum absolute atomic E-state index is 12.1. The summed E-state index contributed by atoms with van der Waals surface area (Å²) in [6, 6.07) is 0. The van der Waals surface area contributed by atoms with E-state index in [0.717, 1.165) is 0 Å². The molecule has 1 atom stereocenters. The van der Waals surface area contributed by atoms with Crippen LogP contribution in [0.2, 0.25) is 0 Å². The quantitative estimate of drug-likeness (QED) is 0.656. The number of nitrogens with two attached hydrogens (primary N) is 1. The summed E-state index contributed by atoms with van der Waals surface area (Å²) in [6.45, 7) is 4.29. The molecule has 15 heavy (non-hydrogen) atoms. The number of hydrogen-bond donors (Lipinski definition) is 2. The highest BCUT2D eigenvalue weighted by molar-refractivity contribution is 5.87. The van der Waals surface area contributed by atoms with Crippen LogP contribution in [-0.4, -0.2) is 53.9 Å². The fourth-order valence-corrected chi connectivity index (χ4v) is 1.46. The Morgan fingerprint density at radius 2 is 2.27 bits per heavy atom. The Kier molecular flexibility index (Phi) is 3.38. The Balaban J connectivity index is 2.76. The molecule has 88 valence electrons. The van der Waals surface area contributed by atoms with E-state index >= 15 is 0 Å². The number of amides is 1. The third kappa shape index (κ3) is 2.30. The molecule has 1 rings (SSSR count). The summed E-state index contributed by atoms with van der Waals surface area (Å²) in [5, 5.41) is 9.17. The van der Waals surface area contributed by atoms with Crippen LogP contribution in [0, 0.1) is 0 Å². The first-order chi connectivity index (χ1) is 6.83. The lowest BCUT2D eigenvalue weighted by molar-refractivity contribution is -0.142. The molecule has 0 saturated carbocycles. The molecule has 0 spiro atoms. The highest BCUT2D eigenvalue weighted by Crippen LogP contribution is 2.22. The summed E-state index contributed by atoms with van der Waals surface area (Å²) >= 11 is 0. The van der Waals surface area contributed by atoms with Gasteiger partial charge >= 0.3 is 0 Å². The number of carbonyl (C=O) groups excluding carboxylic acids is 1. The molecular formula is C10H20N2O3. The lowest BCUT2D eigenvalue weighted by Crippen LogP contribution is -2.60. The molecule has 1 saturated heterocycles. The van der Waals surface area contributed by atoms with E-state index in [-0.39, 0.29) is 19.1 Å². The molecule has 3 N–H and O–H groups in total. The van der Waals surface area contributed by atoms with Crippen LogP contribution in [0.3, 0.4) is 0 Å². The van der Waals surface area contributed by atoms with Gasteiger partial charge < -0.3 is 20.5 Å². The molecule has 0 aromatic carbocycles. The summed E-state index contributed by atoms with van der Waals surface area (Å²) in [7, 11) is 1.66. The second kappa shape index (κ2) is 4.08. The van der Waals surface area contributed by atoms with E-state index in [0.29, 0.717) is 13.0 Å². The van der Waals surface area contributed by atoms with Gasteiger partial charge in [-0.2, -0.15) is 0 Å². The van der Waals surface area contributed by atoms with Crippen molar-refractivity contribution in [3.63, 3.8) is 0 Å². The van der Waals surface area contributed by atoms with E-state index in [4.69, 9.17) is 10.5 Å². The van der Waals surface area contributed by atoms with Gasteiger partial charge in [-0.3, -0.25) is 4.79 Å². The molecular weight excluding hydrogens is 196 g/mol. The monoisotopic (exact) mass is 216 g/mol. The van der Waals surface area contributed by atoms with Crippen molar-refractivity contribution in [3.05, 3.63) is 0 Å². The van der Waals surface area contributed by atoms with Crippen molar-refractivity contribution >= 4 is 5.91 Å². The zero-order chi connectivity index (χ0) is 11.7. The number of likely N-dealkylation sites (N-methyl/N-ethyl adjacent to an activating group) is 1. The van der Waals surface area contributed by atoms with E-state index < -0.39 is 11.1 Å². The minimum absolute atomic E-state index is 0.0911. The molecule has 1 unspecified atom stereocenters. The van der Waals surface area contributed by atoms with E-state index in [1.165, 1.54) is 4.90 Å². The van der Waals surface area contributed by atoms with Crippen LogP contribution in [0.15, 0.2) is 0 Å². The number of ether oxygens (including phenoxy) is 1. The van der Waals surface area contributed by atoms with Gasteiger partial charge in [0.1, 0.15) is 5.54 Å². The predicted octanol–water partition coefficient (Wildman–Crippen LogP) is -0.667. The normalized spacial score (nSPS) is 26.7. The Morgan fingerprint density at radius 1 is 1.67 bits per heavy atom. The standard InChI is InChI=1S/C10H20N2O3/c1-9(2,6-13)12(3)8(14)10(11)4-5-15-7-10/h13H,4-7,11H2,1-3H3. The maximum Gasteiger partial charge on any atom is 0.245 e. The minimum atomic E-state index is -0.915. The predicted molar refractivity (Wildman–Crippen MR) is 56.3 cm³/mol. The SMILES string of the molecule is CN(C(=O)C1(N)CCOC1)C(C)(C)CO. The van der Waals surface area contributed by atoms with Crippen LogP contribution in [0.4, 0.5) is 0 Å². The van der Waals surface area contributed by atoms with Crippen molar-refractivity contribution in [2.75, 3.05) is 26.9 Å². The Bertz CT molecular complexity index is 247. The summed E-state index contributed by atoms with van der Waals surface area (Å²) in [4.78, 5) is 13.6. The molecule has 0 bridgehead atoms. The van der Waals surface area contributed by atoms with E-state index in [2.05, 4.69) is 0 Å². The molecule has 5 nitrogen and oxygen atoms in total. The second-order valence-corrected chi connectivity index (χ2v) is 4.79. The maximum atomic E-state index is 12.1. The van der Waals surface area contributed by atoms with E-state index in [9.17, 15) is 9.90 Å². The lowest BCUT2D eigenvalue weighted by Gasteiger charge is -2.38. The molecule has 1 heterocycles. The number of aliphatic hydroxyl groups is 1. The van der Waals surface area contributed by atoms with E-state index in [1.54, 1.807) is 20.9 Å². The lowest BCUT2D eigenvalue weighted by atomic mass is 9.95. The number of carbonyl (C=O) groups is 1. The van der Waals surface area contributed by atoms with Gasteiger partial charge in [0.2, 0.25) is 5.91 Å². The Morgan fingerprint density at radius 3 is 2.67 bits per heavy atom. The molecule has 5 heteroatoms. The van der Waals surface area contributed by atoms with Crippen LogP contribution < -0.4 is 5.73 Å². The van der Waals surface area contributed by atoms with Gasteiger partial charge in [0.15, 0.2) is 0 Å². The van der Waals surface area contributed by atoms with Gasteiger partial charge in [-0.1, -0.05) is 0 Å². The number of hydrogen-bond acceptors (Lipinski definition) is 4. The van der Waals surface area contributed by atoms with Crippen molar-refractivity contribution in [2.24, 2.45) is 5.73 Å². The van der Waals surface area contributed by atoms with Gasteiger partial charge in [-0.25, -0.2) is 0 Å². The average molecular weight is 216 g/mol. The van der Waals surface area contributed by atoms with Crippen LogP contribution in [0.5, 0.6) is 0 Å². The second-order valence-electron chi connectivity index (χ2n) is 4.79. The van der Waals surface area contributed by atoms with Gasteiger partial charge in [-0.15, -0.1) is 0 Å². The number of rotatable bonds is 3. The molecule has 0 aliphatic carbocycles. The van der Waals surface area contributed by atoms with Crippen molar-refractivity contribution in [1.29, 1.82) is 0 Å². The highest BCUT2D eigenvalue weighted by Gasteiger charge is 2.43. The topological polar surface area (TPSA) is 75.8 Å². The molecule has 0 radical (unpaired) electrons. The molecule has 1 fully saturated rings. The fourth-order valence-electron chi connectivity index (χ4n) is 1.46. The summed E-state index contributed by atoms with van der Waals surface area (Å²) in [6.07, 6.45) is 0.539. The summed E-state index contributed by atoms with van der Waals surface area (Å²) in [5.41, 5.74) is 4.45. The van der Waals surface area contributed by atoms with Gasteiger partial charge in [0, 0.05) is 13.7 Å². The molecule has 0 aromatic heterocycles. The first kappa shape index (κ1) is 12.4. The van der Waals surface area contributed by atoms with Crippen LogP contribution >= 0.6 is 0 Å². The van der Waals surface area contributed by atoms with Crippen LogP contribution in [0.1, 0.15) is 20.3 Å². The third-order valence-corrected chi connectivity index (χ3v) is 3.08. The molecule has 1 amide bonds.